The van der Waals surface area contributed by atoms with Gasteiger partial charge in [0.1, 0.15) is 0 Å². The van der Waals surface area contributed by atoms with Gasteiger partial charge in [0, 0.05) is 6.08 Å². The Balaban J connectivity index is 3.45. The van der Waals surface area contributed by atoms with Gasteiger partial charge < -0.3 is 5.11 Å². The summed E-state index contributed by atoms with van der Waals surface area (Å²) in [5.41, 5.74) is 0. The first-order chi connectivity index (χ1) is 10.8. The Bertz CT molecular complexity index is 398. The minimum Gasteiger partial charge on any atom is -0.478 e. The summed E-state index contributed by atoms with van der Waals surface area (Å²) >= 11 is 0. The van der Waals surface area contributed by atoms with E-state index in [9.17, 15) is 4.79 Å². The second kappa shape index (κ2) is 17.2. The monoisotopic (exact) mass is 302 g/mol. The number of hydrogen-bond acceptors (Lipinski definition) is 1. The van der Waals surface area contributed by atoms with Gasteiger partial charge in [0.2, 0.25) is 0 Å². The molecule has 0 amide bonds. The number of hydrogen-bond donors (Lipinski definition) is 1. The Labute approximate surface area is 135 Å². The summed E-state index contributed by atoms with van der Waals surface area (Å²) in [4.78, 5) is 10.2. The first-order valence-electron chi connectivity index (χ1n) is 8.31. The molecule has 0 aromatic carbocycles. The molecule has 0 atom stereocenters. The molecule has 1 N–H and O–H groups in total. The van der Waals surface area contributed by atoms with Crippen molar-refractivity contribution >= 4 is 5.97 Å². The van der Waals surface area contributed by atoms with E-state index in [1.807, 2.05) is 24.3 Å². The van der Waals surface area contributed by atoms with E-state index in [0.29, 0.717) is 0 Å². The molecule has 2 nitrogen and oxygen atoms in total. The fraction of sp³-hybridized carbons (Fsp3) is 0.450. The maximum Gasteiger partial charge on any atom is 0.328 e. The summed E-state index contributed by atoms with van der Waals surface area (Å²) in [5, 5.41) is 8.38. The maximum atomic E-state index is 10.2. The second-order valence-corrected chi connectivity index (χ2v) is 5.15. The van der Waals surface area contributed by atoms with Crippen LogP contribution in [0.15, 0.2) is 60.8 Å². The molecule has 0 bridgehead atoms. The third-order valence-corrected chi connectivity index (χ3v) is 3.06. The molecular weight excluding hydrogens is 272 g/mol. The predicted octanol–water partition coefficient (Wildman–Crippen LogP) is 5.99. The van der Waals surface area contributed by atoms with Gasteiger partial charge >= 0.3 is 5.97 Å². The molecule has 0 saturated carbocycles. The summed E-state index contributed by atoms with van der Waals surface area (Å²) < 4.78 is 0. The summed E-state index contributed by atoms with van der Waals surface area (Å²) in [7, 11) is 0. The number of carboxylic acid groups (broad SMARTS) is 1. The van der Waals surface area contributed by atoms with Crippen molar-refractivity contribution in [1.29, 1.82) is 0 Å². The molecule has 0 aliphatic carbocycles. The minimum absolute atomic E-state index is 0.927. The Kier molecular flexibility index (Phi) is 15.8. The molecule has 0 fully saturated rings. The van der Waals surface area contributed by atoms with E-state index in [1.165, 1.54) is 51.0 Å². The van der Waals surface area contributed by atoms with Crippen molar-refractivity contribution < 1.29 is 9.90 Å². The Morgan fingerprint density at radius 2 is 1.23 bits per heavy atom. The highest BCUT2D eigenvalue weighted by Crippen LogP contribution is 2.04. The molecule has 0 unspecified atom stereocenters. The molecule has 0 aromatic heterocycles. The summed E-state index contributed by atoms with van der Waals surface area (Å²) in [6, 6.07) is 0. The highest BCUT2D eigenvalue weighted by molar-refractivity contribution is 5.80. The van der Waals surface area contributed by atoms with Crippen molar-refractivity contribution in [3.05, 3.63) is 60.8 Å². The van der Waals surface area contributed by atoms with Gasteiger partial charge in [0.05, 0.1) is 0 Å². The van der Waals surface area contributed by atoms with Crippen LogP contribution in [0.25, 0.3) is 0 Å². The lowest BCUT2D eigenvalue weighted by Crippen LogP contribution is -1.84. The van der Waals surface area contributed by atoms with E-state index in [2.05, 4.69) is 25.2 Å². The average Bonchev–Trinajstić information content (AvgIpc) is 2.50. The number of allylic oxidation sites excluding steroid dienone is 9. The molecule has 0 aliphatic heterocycles. The van der Waals surface area contributed by atoms with E-state index in [-0.39, 0.29) is 0 Å². The van der Waals surface area contributed by atoms with Gasteiger partial charge in [-0.25, -0.2) is 4.79 Å². The smallest absolute Gasteiger partial charge is 0.328 e. The SMILES string of the molecule is CCCCCC=CCCCCC=CC=CC=CC=CC(=O)O. The zero-order valence-electron chi connectivity index (χ0n) is 13.8. The van der Waals surface area contributed by atoms with Crippen molar-refractivity contribution in [2.75, 3.05) is 0 Å². The largest absolute Gasteiger partial charge is 0.478 e. The molecule has 0 rings (SSSR count). The quantitative estimate of drug-likeness (QED) is 0.196. The lowest BCUT2D eigenvalue weighted by atomic mass is 10.1. The van der Waals surface area contributed by atoms with Crippen LogP contribution in [0.1, 0.15) is 58.3 Å². The summed E-state index contributed by atoms with van der Waals surface area (Å²) in [6.45, 7) is 2.24. The van der Waals surface area contributed by atoms with Crippen LogP contribution in [0.4, 0.5) is 0 Å². The number of carboxylic acids is 1. The molecule has 122 valence electrons. The first kappa shape index (κ1) is 20.2. The molecule has 0 spiro atoms. The molecule has 0 heterocycles. The summed E-state index contributed by atoms with van der Waals surface area (Å²) in [6.07, 6.45) is 28.8. The molecule has 2 heteroatoms. The lowest BCUT2D eigenvalue weighted by Gasteiger charge is -1.94. The van der Waals surface area contributed by atoms with Crippen LogP contribution in [0, 0.1) is 0 Å². The average molecular weight is 302 g/mol. The van der Waals surface area contributed by atoms with E-state index < -0.39 is 5.97 Å². The Hall–Kier alpha value is -1.83. The molecule has 0 saturated heterocycles. The molecule has 0 aromatic rings. The predicted molar refractivity (Wildman–Crippen MR) is 95.9 cm³/mol. The van der Waals surface area contributed by atoms with Gasteiger partial charge in [-0.05, 0) is 38.5 Å². The Morgan fingerprint density at radius 1 is 0.727 bits per heavy atom. The highest BCUT2D eigenvalue weighted by Gasteiger charge is 1.84. The van der Waals surface area contributed by atoms with Crippen LogP contribution in [-0.2, 0) is 4.79 Å². The van der Waals surface area contributed by atoms with Crippen LogP contribution in [0.2, 0.25) is 0 Å². The van der Waals surface area contributed by atoms with Gasteiger partial charge in [0.15, 0.2) is 0 Å². The van der Waals surface area contributed by atoms with Crippen LogP contribution in [0.5, 0.6) is 0 Å². The first-order valence-corrected chi connectivity index (χ1v) is 8.31. The van der Waals surface area contributed by atoms with Gasteiger partial charge in [-0.3, -0.25) is 0 Å². The van der Waals surface area contributed by atoms with Crippen LogP contribution in [-0.4, -0.2) is 11.1 Å². The fourth-order valence-corrected chi connectivity index (χ4v) is 1.84. The van der Waals surface area contributed by atoms with Crippen molar-refractivity contribution in [3.63, 3.8) is 0 Å². The number of unbranched alkanes of at least 4 members (excludes halogenated alkanes) is 6. The maximum absolute atomic E-state index is 10.2. The zero-order valence-corrected chi connectivity index (χ0v) is 13.8. The van der Waals surface area contributed by atoms with Crippen molar-refractivity contribution in [2.24, 2.45) is 0 Å². The molecular formula is C20H30O2. The Morgan fingerprint density at radius 3 is 1.82 bits per heavy atom. The van der Waals surface area contributed by atoms with Crippen molar-refractivity contribution in [3.8, 4) is 0 Å². The molecule has 22 heavy (non-hydrogen) atoms. The van der Waals surface area contributed by atoms with Crippen LogP contribution >= 0.6 is 0 Å². The zero-order chi connectivity index (χ0) is 16.3. The third kappa shape index (κ3) is 18.2. The lowest BCUT2D eigenvalue weighted by molar-refractivity contribution is -0.131. The molecule has 0 radical (unpaired) electrons. The summed E-state index contributed by atoms with van der Waals surface area (Å²) in [5.74, 6) is -0.927. The van der Waals surface area contributed by atoms with Gasteiger partial charge in [0.25, 0.3) is 0 Å². The van der Waals surface area contributed by atoms with Crippen molar-refractivity contribution in [2.45, 2.75) is 58.3 Å². The fourth-order valence-electron chi connectivity index (χ4n) is 1.84. The van der Waals surface area contributed by atoms with Gasteiger partial charge in [-0.2, -0.15) is 0 Å². The number of carbonyl (C=O) groups is 1. The standard InChI is InChI=1S/C20H30O2/c1-2-3-4-5-6-7-8-9-10-11-12-13-14-15-16-17-18-19-20(21)22/h6-7,12-19H,2-5,8-11H2,1H3,(H,21,22). The minimum atomic E-state index is -0.927. The highest BCUT2D eigenvalue weighted by atomic mass is 16.4. The van der Waals surface area contributed by atoms with Crippen LogP contribution in [0.3, 0.4) is 0 Å². The van der Waals surface area contributed by atoms with E-state index in [4.69, 9.17) is 5.11 Å². The van der Waals surface area contributed by atoms with Crippen LogP contribution < -0.4 is 0 Å². The topological polar surface area (TPSA) is 37.3 Å². The van der Waals surface area contributed by atoms with Gasteiger partial charge in [-0.15, -0.1) is 0 Å². The molecule has 0 aliphatic rings. The normalized spacial score (nSPS) is 12.8. The van der Waals surface area contributed by atoms with Crippen molar-refractivity contribution in [1.82, 2.24) is 0 Å². The number of aliphatic carboxylic acids is 1. The third-order valence-electron chi connectivity index (χ3n) is 3.06. The van der Waals surface area contributed by atoms with E-state index in [0.717, 1.165) is 12.5 Å². The van der Waals surface area contributed by atoms with Gasteiger partial charge in [-0.1, -0.05) is 74.4 Å². The number of rotatable bonds is 13. The van der Waals surface area contributed by atoms with E-state index in [1.54, 1.807) is 6.08 Å². The second-order valence-electron chi connectivity index (χ2n) is 5.15. The van der Waals surface area contributed by atoms with E-state index >= 15 is 0 Å².